The highest BCUT2D eigenvalue weighted by Crippen LogP contribution is 2.34. The molecule has 1 N–H and O–H groups in total. The lowest BCUT2D eigenvalue weighted by Gasteiger charge is -2.31. The van der Waals surface area contributed by atoms with Crippen molar-refractivity contribution in [2.45, 2.75) is 32.3 Å². The van der Waals surface area contributed by atoms with E-state index in [0.717, 1.165) is 22.4 Å². The third-order valence-electron chi connectivity index (χ3n) is 6.27. The Labute approximate surface area is 196 Å². The van der Waals surface area contributed by atoms with Crippen molar-refractivity contribution in [3.8, 4) is 17.0 Å². The van der Waals surface area contributed by atoms with Gasteiger partial charge in [0.05, 0.1) is 11.4 Å². The van der Waals surface area contributed by atoms with Crippen LogP contribution in [-0.4, -0.2) is 43.8 Å². The van der Waals surface area contributed by atoms with Crippen LogP contribution in [0.25, 0.3) is 16.8 Å². The van der Waals surface area contributed by atoms with E-state index in [2.05, 4.69) is 5.10 Å². The third kappa shape index (κ3) is 4.31. The van der Waals surface area contributed by atoms with Gasteiger partial charge in [-0.25, -0.2) is 14.2 Å². The zero-order valence-corrected chi connectivity index (χ0v) is 18.8. The lowest BCUT2D eigenvalue weighted by molar-refractivity contribution is 0.0868. The van der Waals surface area contributed by atoms with Crippen LogP contribution in [0, 0.1) is 12.7 Å². The van der Waals surface area contributed by atoms with Crippen LogP contribution in [0.3, 0.4) is 0 Å². The number of aryl methyl sites for hydroxylation is 1. The molecular formula is C26H25FN4O3. The predicted molar refractivity (Wildman–Crippen MR) is 125 cm³/mol. The predicted octanol–water partition coefficient (Wildman–Crippen LogP) is 5.07. The fraction of sp³-hybridized carbons (Fsp3) is 0.269. The number of aromatic hydroxyl groups is 1. The van der Waals surface area contributed by atoms with Gasteiger partial charge in [0.1, 0.15) is 12.4 Å². The van der Waals surface area contributed by atoms with E-state index in [4.69, 9.17) is 9.72 Å². The van der Waals surface area contributed by atoms with Gasteiger partial charge in [-0.1, -0.05) is 42.5 Å². The minimum atomic E-state index is -0.321. The van der Waals surface area contributed by atoms with Gasteiger partial charge in [-0.3, -0.25) is 0 Å². The summed E-state index contributed by atoms with van der Waals surface area (Å²) in [7, 11) is 0. The number of ether oxygens (including phenoxy) is 1. The molecule has 1 amide bonds. The first-order valence-corrected chi connectivity index (χ1v) is 11.3. The van der Waals surface area contributed by atoms with Gasteiger partial charge >= 0.3 is 6.09 Å². The second-order valence-electron chi connectivity index (χ2n) is 8.54. The summed E-state index contributed by atoms with van der Waals surface area (Å²) in [4.78, 5) is 19.0. The number of carbonyl (C=O) groups excluding carboxylic acids is 1. The third-order valence-corrected chi connectivity index (χ3v) is 6.27. The first-order chi connectivity index (χ1) is 16.5. The number of likely N-dealkylation sites (tertiary alicyclic amines) is 1. The summed E-state index contributed by atoms with van der Waals surface area (Å²) in [6, 6.07) is 17.4. The summed E-state index contributed by atoms with van der Waals surface area (Å²) in [6.45, 7) is 3.19. The summed E-state index contributed by atoms with van der Waals surface area (Å²) < 4.78 is 20.3. The summed E-state index contributed by atoms with van der Waals surface area (Å²) in [5, 5.41) is 15.1. The highest BCUT2D eigenvalue weighted by Gasteiger charge is 2.27. The van der Waals surface area contributed by atoms with Gasteiger partial charge in [0.15, 0.2) is 5.65 Å². The van der Waals surface area contributed by atoms with Crippen LogP contribution in [0.1, 0.15) is 35.7 Å². The largest absolute Gasteiger partial charge is 0.493 e. The molecule has 34 heavy (non-hydrogen) atoms. The van der Waals surface area contributed by atoms with Crippen LogP contribution in [0.2, 0.25) is 0 Å². The van der Waals surface area contributed by atoms with E-state index in [0.29, 0.717) is 37.3 Å². The molecular weight excluding hydrogens is 435 g/mol. The summed E-state index contributed by atoms with van der Waals surface area (Å²) in [5.74, 6) is -0.227. The smallest absolute Gasteiger partial charge is 0.410 e. The molecule has 0 atom stereocenters. The number of amides is 1. The number of benzene rings is 2. The van der Waals surface area contributed by atoms with Crippen molar-refractivity contribution in [3.63, 3.8) is 0 Å². The maximum Gasteiger partial charge on any atom is 0.410 e. The summed E-state index contributed by atoms with van der Waals surface area (Å²) >= 11 is 0. The van der Waals surface area contributed by atoms with E-state index in [-0.39, 0.29) is 30.3 Å². The highest BCUT2D eigenvalue weighted by molar-refractivity contribution is 5.80. The maximum absolute atomic E-state index is 13.4. The van der Waals surface area contributed by atoms with Crippen LogP contribution >= 0.6 is 0 Å². The van der Waals surface area contributed by atoms with E-state index < -0.39 is 0 Å². The van der Waals surface area contributed by atoms with Gasteiger partial charge < -0.3 is 14.7 Å². The van der Waals surface area contributed by atoms with Gasteiger partial charge in [0.2, 0.25) is 5.88 Å². The lowest BCUT2D eigenvalue weighted by atomic mass is 9.93. The number of hydrogen-bond acceptors (Lipinski definition) is 5. The maximum atomic E-state index is 13.4. The van der Waals surface area contributed by atoms with Gasteiger partial charge in [-0.05, 0) is 43.0 Å². The Kier molecular flexibility index (Phi) is 5.88. The molecule has 2 aromatic carbocycles. The molecule has 0 spiro atoms. The van der Waals surface area contributed by atoms with Crippen LogP contribution in [0.5, 0.6) is 5.88 Å². The quantitative estimate of drug-likeness (QED) is 0.460. The van der Waals surface area contributed by atoms with Crippen LogP contribution in [0.15, 0.2) is 60.7 Å². The molecule has 0 saturated carbocycles. The van der Waals surface area contributed by atoms with Crippen molar-refractivity contribution >= 4 is 11.7 Å². The number of piperidine rings is 1. The van der Waals surface area contributed by atoms with Crippen molar-refractivity contribution in [1.29, 1.82) is 0 Å². The van der Waals surface area contributed by atoms with Crippen molar-refractivity contribution in [2.24, 2.45) is 0 Å². The monoisotopic (exact) mass is 460 g/mol. The molecule has 174 valence electrons. The minimum absolute atomic E-state index is 0.00108. The molecule has 0 aliphatic carbocycles. The molecule has 0 radical (unpaired) electrons. The molecule has 1 aliphatic rings. The van der Waals surface area contributed by atoms with E-state index in [9.17, 15) is 14.3 Å². The zero-order valence-electron chi connectivity index (χ0n) is 18.8. The molecule has 1 saturated heterocycles. The van der Waals surface area contributed by atoms with Crippen LogP contribution in [0.4, 0.5) is 9.18 Å². The Morgan fingerprint density at radius 1 is 1.12 bits per heavy atom. The lowest BCUT2D eigenvalue weighted by Crippen LogP contribution is -2.38. The summed E-state index contributed by atoms with van der Waals surface area (Å²) in [5.41, 5.74) is 4.48. The standard InChI is InChI=1S/C26H25FN4O3/c1-17-24(20-7-9-21(27)10-8-20)25-28-22(15-23(32)31(25)29-17)19-11-13-30(14-12-19)26(33)34-16-18-5-3-2-4-6-18/h2-10,15,19,32H,11-14,16H2,1H3. The second-order valence-corrected chi connectivity index (χ2v) is 8.54. The van der Waals surface area contributed by atoms with E-state index >= 15 is 0 Å². The molecule has 7 nitrogen and oxygen atoms in total. The molecule has 1 aliphatic heterocycles. The average Bonchev–Trinajstić information content (AvgIpc) is 3.20. The van der Waals surface area contributed by atoms with Crippen molar-refractivity contribution in [1.82, 2.24) is 19.5 Å². The van der Waals surface area contributed by atoms with E-state index in [1.54, 1.807) is 23.1 Å². The average molecular weight is 461 g/mol. The molecule has 0 bridgehead atoms. The molecule has 0 unspecified atom stereocenters. The van der Waals surface area contributed by atoms with Crippen molar-refractivity contribution in [2.75, 3.05) is 13.1 Å². The molecule has 2 aromatic heterocycles. The van der Waals surface area contributed by atoms with Crippen LogP contribution < -0.4 is 0 Å². The van der Waals surface area contributed by atoms with Gasteiger partial charge in [0, 0.05) is 30.6 Å². The van der Waals surface area contributed by atoms with Crippen molar-refractivity contribution < 1.29 is 19.0 Å². The number of rotatable bonds is 4. The number of carbonyl (C=O) groups is 1. The Morgan fingerprint density at radius 3 is 2.53 bits per heavy atom. The van der Waals surface area contributed by atoms with Gasteiger partial charge in [-0.15, -0.1) is 0 Å². The van der Waals surface area contributed by atoms with Crippen molar-refractivity contribution in [3.05, 3.63) is 83.4 Å². The topological polar surface area (TPSA) is 80.0 Å². The molecule has 8 heteroatoms. The Morgan fingerprint density at radius 2 is 1.82 bits per heavy atom. The highest BCUT2D eigenvalue weighted by atomic mass is 19.1. The summed E-state index contributed by atoms with van der Waals surface area (Å²) in [6.07, 6.45) is 1.10. The number of nitrogens with zero attached hydrogens (tertiary/aromatic N) is 4. The van der Waals surface area contributed by atoms with E-state index in [1.165, 1.54) is 16.6 Å². The Hall–Kier alpha value is -3.94. The second kappa shape index (κ2) is 9.13. The fourth-order valence-corrected chi connectivity index (χ4v) is 4.46. The number of aromatic nitrogens is 3. The molecule has 3 heterocycles. The molecule has 1 fully saturated rings. The number of halogens is 1. The molecule has 5 rings (SSSR count). The number of fused-ring (bicyclic) bond motifs is 1. The van der Waals surface area contributed by atoms with E-state index in [1.807, 2.05) is 37.3 Å². The SMILES string of the molecule is Cc1nn2c(O)cc(C3CCN(C(=O)OCc4ccccc4)CC3)nc2c1-c1ccc(F)cc1. The minimum Gasteiger partial charge on any atom is -0.493 e. The fourth-order valence-electron chi connectivity index (χ4n) is 4.46. The molecule has 4 aromatic rings. The Bertz CT molecular complexity index is 1310. The number of hydrogen-bond donors (Lipinski definition) is 1. The van der Waals surface area contributed by atoms with Crippen LogP contribution in [-0.2, 0) is 11.3 Å². The van der Waals surface area contributed by atoms with Gasteiger partial charge in [0.25, 0.3) is 0 Å². The zero-order chi connectivity index (χ0) is 23.7. The van der Waals surface area contributed by atoms with Gasteiger partial charge in [-0.2, -0.15) is 9.61 Å². The Balaban J connectivity index is 1.32. The first-order valence-electron chi connectivity index (χ1n) is 11.3. The normalized spacial score (nSPS) is 14.5. The first kappa shape index (κ1) is 21.9.